The first-order valence-corrected chi connectivity index (χ1v) is 10.5. The molecule has 0 saturated carbocycles. The third kappa shape index (κ3) is 4.44. The smallest absolute Gasteiger partial charge is 0.222 e. The molecule has 3 heterocycles. The van der Waals surface area contributed by atoms with Gasteiger partial charge in [0.1, 0.15) is 0 Å². The number of amides is 1. The first-order chi connectivity index (χ1) is 13.6. The number of carbonyl (C=O) groups is 1. The molecular formula is C24H31N3O. The lowest BCUT2D eigenvalue weighted by molar-refractivity contribution is -0.134. The van der Waals surface area contributed by atoms with Crippen LogP contribution in [0.25, 0.3) is 0 Å². The average Bonchev–Trinajstić information content (AvgIpc) is 2.73. The maximum absolute atomic E-state index is 12.7. The van der Waals surface area contributed by atoms with Crippen LogP contribution in [0, 0.1) is 5.41 Å². The maximum Gasteiger partial charge on any atom is 0.222 e. The van der Waals surface area contributed by atoms with Crippen molar-refractivity contribution >= 4 is 5.91 Å². The Labute approximate surface area is 168 Å². The molecule has 28 heavy (non-hydrogen) atoms. The molecule has 1 aromatic carbocycles. The number of piperidine rings is 2. The van der Waals surface area contributed by atoms with Crippen molar-refractivity contribution in [2.24, 2.45) is 5.41 Å². The van der Waals surface area contributed by atoms with Crippen LogP contribution in [-0.4, -0.2) is 53.9 Å². The van der Waals surface area contributed by atoms with Gasteiger partial charge in [-0.3, -0.25) is 9.78 Å². The van der Waals surface area contributed by atoms with E-state index in [0.717, 1.165) is 51.0 Å². The molecule has 0 N–H and O–H groups in total. The molecule has 0 bridgehead atoms. The Bertz CT molecular complexity index is 769. The second-order valence-corrected chi connectivity index (χ2v) is 8.75. The molecule has 2 saturated heterocycles. The summed E-state index contributed by atoms with van der Waals surface area (Å²) in [6.07, 6.45) is 8.51. The number of benzene rings is 1. The molecule has 2 aliphatic rings. The van der Waals surface area contributed by atoms with Crippen molar-refractivity contribution in [3.8, 4) is 0 Å². The zero-order chi connectivity index (χ0) is 19.4. The van der Waals surface area contributed by atoms with Gasteiger partial charge in [0.2, 0.25) is 5.91 Å². The number of aryl methyl sites for hydroxylation is 1. The number of hydrogen-bond acceptors (Lipinski definition) is 3. The molecule has 4 nitrogen and oxygen atoms in total. The minimum atomic E-state index is 0.294. The highest BCUT2D eigenvalue weighted by Gasteiger charge is 2.41. The zero-order valence-electron chi connectivity index (χ0n) is 16.9. The van der Waals surface area contributed by atoms with Gasteiger partial charge < -0.3 is 9.80 Å². The number of nitrogens with zero attached hydrogens (tertiary/aromatic N) is 3. The van der Waals surface area contributed by atoms with Crippen LogP contribution in [0.3, 0.4) is 0 Å². The van der Waals surface area contributed by atoms with Gasteiger partial charge in [-0.05, 0) is 61.3 Å². The maximum atomic E-state index is 12.7. The molecule has 2 fully saturated rings. The number of hydrogen-bond donors (Lipinski definition) is 0. The first-order valence-electron chi connectivity index (χ1n) is 10.5. The molecule has 0 radical (unpaired) electrons. The van der Waals surface area contributed by atoms with E-state index in [2.05, 4.69) is 52.2 Å². The second kappa shape index (κ2) is 8.44. The van der Waals surface area contributed by atoms with Crippen LogP contribution in [0.15, 0.2) is 54.9 Å². The van der Waals surface area contributed by atoms with Crippen molar-refractivity contribution in [3.63, 3.8) is 0 Å². The van der Waals surface area contributed by atoms with Crippen LogP contribution < -0.4 is 0 Å². The molecule has 1 atom stereocenters. The molecule has 1 amide bonds. The van der Waals surface area contributed by atoms with Crippen LogP contribution in [0.2, 0.25) is 0 Å². The molecule has 0 aliphatic carbocycles. The molecular weight excluding hydrogens is 346 g/mol. The zero-order valence-corrected chi connectivity index (χ0v) is 16.9. The molecule has 2 aliphatic heterocycles. The topological polar surface area (TPSA) is 36.4 Å². The van der Waals surface area contributed by atoms with Gasteiger partial charge in [-0.2, -0.15) is 0 Å². The van der Waals surface area contributed by atoms with E-state index in [1.165, 1.54) is 12.0 Å². The van der Waals surface area contributed by atoms with Gasteiger partial charge in [-0.25, -0.2) is 0 Å². The lowest BCUT2D eigenvalue weighted by atomic mass is 9.68. The van der Waals surface area contributed by atoms with Crippen molar-refractivity contribution in [3.05, 3.63) is 66.0 Å². The summed E-state index contributed by atoms with van der Waals surface area (Å²) in [5.41, 5.74) is 2.96. The quantitative estimate of drug-likeness (QED) is 0.814. The molecule has 4 heteroatoms. The van der Waals surface area contributed by atoms with Gasteiger partial charge in [-0.15, -0.1) is 0 Å². The molecule has 4 rings (SSSR count). The van der Waals surface area contributed by atoms with Crippen LogP contribution >= 0.6 is 0 Å². The van der Waals surface area contributed by atoms with Crippen LogP contribution in [0.5, 0.6) is 0 Å². The Hall–Kier alpha value is -2.20. The van der Waals surface area contributed by atoms with Gasteiger partial charge in [0.05, 0.1) is 0 Å². The largest absolute Gasteiger partial charge is 0.343 e. The third-order valence-corrected chi connectivity index (χ3v) is 6.61. The summed E-state index contributed by atoms with van der Waals surface area (Å²) in [5.74, 6) is 0.898. The first kappa shape index (κ1) is 19.1. The Morgan fingerprint density at radius 3 is 2.64 bits per heavy atom. The Balaban J connectivity index is 1.34. The minimum absolute atomic E-state index is 0.294. The fourth-order valence-corrected chi connectivity index (χ4v) is 5.16. The third-order valence-electron chi connectivity index (χ3n) is 6.61. The minimum Gasteiger partial charge on any atom is -0.343 e. The highest BCUT2D eigenvalue weighted by atomic mass is 16.2. The van der Waals surface area contributed by atoms with Crippen LogP contribution in [-0.2, 0) is 11.2 Å². The monoisotopic (exact) mass is 377 g/mol. The summed E-state index contributed by atoms with van der Waals surface area (Å²) in [7, 11) is 2.25. The standard InChI is InChI=1S/C24H31N3O/c1-26-18-22(21-7-3-2-4-8-21)16-24(19-26)11-14-27(15-12-24)23(28)10-9-20-6-5-13-25-17-20/h2-8,13,17,22H,9-12,14-16,18-19H2,1H3. The van der Waals surface area contributed by atoms with Crippen molar-refractivity contribution in [2.75, 3.05) is 33.2 Å². The van der Waals surface area contributed by atoms with E-state index in [4.69, 9.17) is 0 Å². The van der Waals surface area contributed by atoms with E-state index >= 15 is 0 Å². The average molecular weight is 378 g/mol. The fraction of sp³-hybridized carbons (Fsp3) is 0.500. The molecule has 148 valence electrons. The van der Waals surface area contributed by atoms with Crippen LogP contribution in [0.1, 0.15) is 42.7 Å². The van der Waals surface area contributed by atoms with Gasteiger partial charge in [0.15, 0.2) is 0 Å². The highest BCUT2D eigenvalue weighted by Crippen LogP contribution is 2.44. The highest BCUT2D eigenvalue weighted by molar-refractivity contribution is 5.76. The predicted octanol–water partition coefficient (Wildman–Crippen LogP) is 3.74. The van der Waals surface area contributed by atoms with E-state index in [0.29, 0.717) is 23.7 Å². The Morgan fingerprint density at radius 2 is 1.93 bits per heavy atom. The van der Waals surface area contributed by atoms with E-state index < -0.39 is 0 Å². The van der Waals surface area contributed by atoms with E-state index in [1.807, 2.05) is 18.3 Å². The van der Waals surface area contributed by atoms with Crippen molar-refractivity contribution < 1.29 is 4.79 Å². The Morgan fingerprint density at radius 1 is 1.14 bits per heavy atom. The number of likely N-dealkylation sites (tertiary alicyclic amines) is 2. The van der Waals surface area contributed by atoms with Gasteiger partial charge in [0.25, 0.3) is 0 Å². The number of rotatable bonds is 4. The lowest BCUT2D eigenvalue weighted by Gasteiger charge is -2.49. The number of aromatic nitrogens is 1. The SMILES string of the molecule is CN1CC(c2ccccc2)CC2(CCN(C(=O)CCc3cccnc3)CC2)C1. The predicted molar refractivity (Wildman–Crippen MR) is 112 cm³/mol. The number of pyridine rings is 1. The van der Waals surface area contributed by atoms with Gasteiger partial charge in [0, 0.05) is 45.0 Å². The summed E-state index contributed by atoms with van der Waals surface area (Å²) < 4.78 is 0. The summed E-state index contributed by atoms with van der Waals surface area (Å²) in [6.45, 7) is 4.11. The number of likely N-dealkylation sites (N-methyl/N-ethyl adjacent to an activating group) is 1. The lowest BCUT2D eigenvalue weighted by Crippen LogP contribution is -2.51. The van der Waals surface area contributed by atoms with E-state index in [-0.39, 0.29) is 0 Å². The summed E-state index contributed by atoms with van der Waals surface area (Å²) >= 11 is 0. The van der Waals surface area contributed by atoms with Crippen molar-refractivity contribution in [2.45, 2.75) is 38.0 Å². The second-order valence-electron chi connectivity index (χ2n) is 8.75. The normalized spacial score (nSPS) is 22.3. The van der Waals surface area contributed by atoms with E-state index in [1.54, 1.807) is 6.20 Å². The molecule has 1 aromatic heterocycles. The number of carbonyl (C=O) groups excluding carboxylic acids is 1. The van der Waals surface area contributed by atoms with Crippen molar-refractivity contribution in [1.29, 1.82) is 0 Å². The summed E-state index contributed by atoms with van der Waals surface area (Å²) in [6, 6.07) is 14.9. The van der Waals surface area contributed by atoms with Crippen LogP contribution in [0.4, 0.5) is 0 Å². The van der Waals surface area contributed by atoms with E-state index in [9.17, 15) is 4.79 Å². The summed E-state index contributed by atoms with van der Waals surface area (Å²) in [5, 5.41) is 0. The van der Waals surface area contributed by atoms with Crippen molar-refractivity contribution in [1.82, 2.24) is 14.8 Å². The molecule has 1 spiro atoms. The fourth-order valence-electron chi connectivity index (χ4n) is 5.16. The van der Waals surface area contributed by atoms with Gasteiger partial charge in [-0.1, -0.05) is 36.4 Å². The summed E-state index contributed by atoms with van der Waals surface area (Å²) in [4.78, 5) is 21.4. The Kier molecular flexibility index (Phi) is 5.77. The molecule has 2 aromatic rings. The van der Waals surface area contributed by atoms with Gasteiger partial charge >= 0.3 is 0 Å². The molecule has 1 unspecified atom stereocenters.